The van der Waals surface area contributed by atoms with Crippen molar-refractivity contribution in [2.75, 3.05) is 31.7 Å². The first-order chi connectivity index (χ1) is 9.33. The van der Waals surface area contributed by atoms with Gasteiger partial charge in [0.05, 0.1) is 12.5 Å². The summed E-state index contributed by atoms with van der Waals surface area (Å²) in [6.07, 6.45) is 1.83. The Bertz CT molecular complexity index is 469. The van der Waals surface area contributed by atoms with E-state index in [4.69, 9.17) is 14.2 Å². The van der Waals surface area contributed by atoms with Gasteiger partial charge in [-0.15, -0.1) is 0 Å². The fraction of sp³-hybridized carbons (Fsp3) is 0.500. The monoisotopic (exact) mass is 263 g/mol. The van der Waals surface area contributed by atoms with Crippen molar-refractivity contribution >= 4 is 11.6 Å². The highest BCUT2D eigenvalue weighted by Gasteiger charge is 2.22. The molecular formula is C14H17NO4. The minimum absolute atomic E-state index is 0.0105. The van der Waals surface area contributed by atoms with E-state index in [1.165, 1.54) is 0 Å². The maximum absolute atomic E-state index is 12.1. The van der Waals surface area contributed by atoms with Crippen LogP contribution in [0.3, 0.4) is 0 Å². The molecule has 5 heteroatoms. The summed E-state index contributed by atoms with van der Waals surface area (Å²) in [4.78, 5) is 12.1. The lowest BCUT2D eigenvalue weighted by Crippen LogP contribution is -2.30. The summed E-state index contributed by atoms with van der Waals surface area (Å²) in [5.41, 5.74) is 0.736. The lowest BCUT2D eigenvalue weighted by molar-refractivity contribution is -0.123. The Morgan fingerprint density at radius 3 is 2.79 bits per heavy atom. The summed E-state index contributed by atoms with van der Waals surface area (Å²) in [7, 11) is 0. The fourth-order valence-electron chi connectivity index (χ4n) is 2.31. The number of carbonyl (C=O) groups is 1. The lowest BCUT2D eigenvalue weighted by Gasteiger charge is -2.22. The van der Waals surface area contributed by atoms with Crippen LogP contribution < -0.4 is 14.8 Å². The molecule has 0 aliphatic carbocycles. The Balaban J connectivity index is 1.67. The van der Waals surface area contributed by atoms with Crippen molar-refractivity contribution in [3.8, 4) is 11.5 Å². The normalized spacial score (nSPS) is 21.8. The molecule has 1 unspecified atom stereocenters. The van der Waals surface area contributed by atoms with Crippen molar-refractivity contribution in [2.24, 2.45) is 5.92 Å². The SMILES string of the molecule is O=C(Nc1ccc2c(c1)OCCO2)C1CCCOC1. The van der Waals surface area contributed by atoms with Gasteiger partial charge in [0.15, 0.2) is 11.5 Å². The Morgan fingerprint density at radius 2 is 2.00 bits per heavy atom. The Labute approximate surface area is 111 Å². The molecule has 1 N–H and O–H groups in total. The molecule has 2 aliphatic heterocycles. The number of benzene rings is 1. The average Bonchev–Trinajstić information content (AvgIpc) is 2.48. The first-order valence-electron chi connectivity index (χ1n) is 6.61. The smallest absolute Gasteiger partial charge is 0.229 e. The van der Waals surface area contributed by atoms with E-state index in [1.807, 2.05) is 12.1 Å². The molecule has 3 rings (SSSR count). The van der Waals surface area contributed by atoms with Crippen LogP contribution in [0, 0.1) is 5.92 Å². The molecule has 0 spiro atoms. The number of nitrogens with one attached hydrogen (secondary N) is 1. The van der Waals surface area contributed by atoms with Gasteiger partial charge in [-0.05, 0) is 25.0 Å². The van der Waals surface area contributed by atoms with Crippen LogP contribution in [0.1, 0.15) is 12.8 Å². The molecule has 0 aromatic heterocycles. The maximum atomic E-state index is 12.1. The Hall–Kier alpha value is -1.75. The third kappa shape index (κ3) is 2.81. The molecule has 102 valence electrons. The minimum atomic E-state index is -0.0537. The third-order valence-corrected chi connectivity index (χ3v) is 3.34. The second-order valence-electron chi connectivity index (χ2n) is 4.76. The summed E-state index contributed by atoms with van der Waals surface area (Å²) in [5, 5.41) is 2.91. The molecule has 2 aliphatic rings. The predicted octanol–water partition coefficient (Wildman–Crippen LogP) is 1.82. The van der Waals surface area contributed by atoms with Crippen molar-refractivity contribution in [2.45, 2.75) is 12.8 Å². The zero-order chi connectivity index (χ0) is 13.1. The molecule has 5 nitrogen and oxygen atoms in total. The van der Waals surface area contributed by atoms with Gasteiger partial charge in [0.1, 0.15) is 13.2 Å². The molecule has 2 heterocycles. The van der Waals surface area contributed by atoms with Gasteiger partial charge in [0.2, 0.25) is 5.91 Å². The van der Waals surface area contributed by atoms with Crippen LogP contribution >= 0.6 is 0 Å². The molecule has 19 heavy (non-hydrogen) atoms. The summed E-state index contributed by atoms with van der Waals surface area (Å²) in [6, 6.07) is 5.45. The van der Waals surface area contributed by atoms with Gasteiger partial charge in [-0.25, -0.2) is 0 Å². The molecule has 1 atom stereocenters. The van der Waals surface area contributed by atoms with E-state index in [-0.39, 0.29) is 11.8 Å². The third-order valence-electron chi connectivity index (χ3n) is 3.34. The van der Waals surface area contributed by atoms with Crippen molar-refractivity contribution in [1.29, 1.82) is 0 Å². The second kappa shape index (κ2) is 5.48. The number of ether oxygens (including phenoxy) is 3. The number of hydrogen-bond donors (Lipinski definition) is 1. The van der Waals surface area contributed by atoms with Crippen LogP contribution in [0.5, 0.6) is 11.5 Å². The van der Waals surface area contributed by atoms with Crippen LogP contribution in [0.2, 0.25) is 0 Å². The highest BCUT2D eigenvalue weighted by molar-refractivity contribution is 5.93. The molecule has 1 saturated heterocycles. The minimum Gasteiger partial charge on any atom is -0.486 e. The topological polar surface area (TPSA) is 56.8 Å². The van der Waals surface area contributed by atoms with E-state index in [2.05, 4.69) is 5.32 Å². The van der Waals surface area contributed by atoms with Gasteiger partial charge in [-0.2, -0.15) is 0 Å². The molecule has 1 fully saturated rings. The van der Waals surface area contributed by atoms with E-state index in [9.17, 15) is 4.79 Å². The van der Waals surface area contributed by atoms with E-state index in [0.717, 1.165) is 30.9 Å². The molecular weight excluding hydrogens is 246 g/mol. The van der Waals surface area contributed by atoms with Crippen LogP contribution in [0.25, 0.3) is 0 Å². The van der Waals surface area contributed by atoms with Gasteiger partial charge in [0.25, 0.3) is 0 Å². The van der Waals surface area contributed by atoms with Crippen molar-refractivity contribution in [3.05, 3.63) is 18.2 Å². The van der Waals surface area contributed by atoms with Gasteiger partial charge >= 0.3 is 0 Å². The van der Waals surface area contributed by atoms with Crippen molar-refractivity contribution < 1.29 is 19.0 Å². The second-order valence-corrected chi connectivity index (χ2v) is 4.76. The van der Waals surface area contributed by atoms with E-state index in [1.54, 1.807) is 6.07 Å². The molecule has 0 bridgehead atoms. The highest BCUT2D eigenvalue weighted by Crippen LogP contribution is 2.32. The zero-order valence-electron chi connectivity index (χ0n) is 10.7. The van der Waals surface area contributed by atoms with Crippen LogP contribution in [-0.4, -0.2) is 32.3 Å². The average molecular weight is 263 g/mol. The maximum Gasteiger partial charge on any atom is 0.229 e. The Morgan fingerprint density at radius 1 is 1.16 bits per heavy atom. The number of anilines is 1. The van der Waals surface area contributed by atoms with Crippen LogP contribution in [-0.2, 0) is 9.53 Å². The van der Waals surface area contributed by atoms with Gasteiger partial charge < -0.3 is 19.5 Å². The van der Waals surface area contributed by atoms with E-state index in [0.29, 0.717) is 25.6 Å². The van der Waals surface area contributed by atoms with E-state index >= 15 is 0 Å². The lowest BCUT2D eigenvalue weighted by atomic mass is 10.0. The first-order valence-corrected chi connectivity index (χ1v) is 6.61. The molecule has 0 saturated carbocycles. The largest absolute Gasteiger partial charge is 0.486 e. The van der Waals surface area contributed by atoms with Gasteiger partial charge in [-0.3, -0.25) is 4.79 Å². The first kappa shape index (κ1) is 12.3. The Kier molecular flexibility index (Phi) is 3.55. The number of fused-ring (bicyclic) bond motifs is 1. The molecule has 0 radical (unpaired) electrons. The fourth-order valence-corrected chi connectivity index (χ4v) is 2.31. The summed E-state index contributed by atoms with van der Waals surface area (Å²) >= 11 is 0. The molecule has 1 amide bonds. The summed E-state index contributed by atoms with van der Waals surface area (Å²) < 4.78 is 16.3. The van der Waals surface area contributed by atoms with Gasteiger partial charge in [0, 0.05) is 18.4 Å². The molecule has 1 aromatic rings. The van der Waals surface area contributed by atoms with E-state index < -0.39 is 0 Å². The van der Waals surface area contributed by atoms with Gasteiger partial charge in [-0.1, -0.05) is 0 Å². The van der Waals surface area contributed by atoms with Crippen molar-refractivity contribution in [1.82, 2.24) is 0 Å². The number of carbonyl (C=O) groups excluding carboxylic acids is 1. The van der Waals surface area contributed by atoms with Crippen LogP contribution in [0.15, 0.2) is 18.2 Å². The quantitative estimate of drug-likeness (QED) is 0.884. The van der Waals surface area contributed by atoms with Crippen LogP contribution in [0.4, 0.5) is 5.69 Å². The summed E-state index contributed by atoms with van der Waals surface area (Å²) in [6.45, 7) is 2.38. The zero-order valence-corrected chi connectivity index (χ0v) is 10.7. The van der Waals surface area contributed by atoms with Crippen molar-refractivity contribution in [3.63, 3.8) is 0 Å². The number of rotatable bonds is 2. The summed E-state index contributed by atoms with van der Waals surface area (Å²) in [5.74, 6) is 1.37. The number of hydrogen-bond acceptors (Lipinski definition) is 4. The number of amides is 1. The molecule has 1 aromatic carbocycles. The predicted molar refractivity (Wildman–Crippen MR) is 69.6 cm³/mol. The highest BCUT2D eigenvalue weighted by atomic mass is 16.6. The standard InChI is InChI=1S/C14H17NO4/c16-14(10-2-1-5-17-9-10)15-11-3-4-12-13(8-11)19-7-6-18-12/h3-4,8,10H,1-2,5-7,9H2,(H,15,16).